The van der Waals surface area contributed by atoms with Crippen LogP contribution < -0.4 is 15.5 Å². The highest BCUT2D eigenvalue weighted by molar-refractivity contribution is 5.92. The first-order valence-corrected chi connectivity index (χ1v) is 5.32. The number of hydrogen-bond acceptors (Lipinski definition) is 4. The van der Waals surface area contributed by atoms with E-state index in [4.69, 9.17) is 0 Å². The summed E-state index contributed by atoms with van der Waals surface area (Å²) in [7, 11) is 3.91. The predicted octanol–water partition coefficient (Wildman–Crippen LogP) is 0.305. The Morgan fingerprint density at radius 3 is 2.69 bits per heavy atom. The number of carbonyl (C=O) groups excluding carboxylic acids is 1. The first-order valence-electron chi connectivity index (χ1n) is 5.32. The average Bonchev–Trinajstić information content (AvgIpc) is 2.15. The van der Waals surface area contributed by atoms with Crippen molar-refractivity contribution in [2.45, 2.75) is 0 Å². The molecule has 0 unspecified atom stereocenters. The maximum absolute atomic E-state index is 11.6. The molecule has 16 heavy (non-hydrogen) atoms. The Bertz CT molecular complexity index is 370. The Morgan fingerprint density at radius 1 is 1.50 bits per heavy atom. The summed E-state index contributed by atoms with van der Waals surface area (Å²) in [4.78, 5) is 17.8. The molecule has 1 fully saturated rings. The minimum atomic E-state index is 0.0452. The number of anilines is 2. The Labute approximate surface area is 94.9 Å². The van der Waals surface area contributed by atoms with Gasteiger partial charge in [-0.05, 0) is 12.1 Å². The highest BCUT2D eigenvalue weighted by Gasteiger charge is 2.24. The molecule has 0 aliphatic carbocycles. The molecule has 2 rings (SSSR count). The number of amides is 1. The fourth-order valence-corrected chi connectivity index (χ4v) is 1.43. The summed E-state index contributed by atoms with van der Waals surface area (Å²) < 4.78 is 0. The van der Waals surface area contributed by atoms with Crippen LogP contribution in [0.15, 0.2) is 18.3 Å². The van der Waals surface area contributed by atoms with Gasteiger partial charge < -0.3 is 15.5 Å². The maximum atomic E-state index is 11.6. The van der Waals surface area contributed by atoms with Crippen LogP contribution in [0.1, 0.15) is 0 Å². The van der Waals surface area contributed by atoms with Gasteiger partial charge in [0.25, 0.3) is 0 Å². The monoisotopic (exact) mass is 220 g/mol. The Kier molecular flexibility index (Phi) is 3.05. The quantitative estimate of drug-likeness (QED) is 0.769. The van der Waals surface area contributed by atoms with E-state index >= 15 is 0 Å². The van der Waals surface area contributed by atoms with Gasteiger partial charge in [0, 0.05) is 27.2 Å². The molecule has 1 aliphatic heterocycles. The Morgan fingerprint density at radius 2 is 2.25 bits per heavy atom. The minimum absolute atomic E-state index is 0.0452. The molecule has 1 aliphatic rings. The van der Waals surface area contributed by atoms with Crippen molar-refractivity contribution < 1.29 is 4.79 Å². The summed E-state index contributed by atoms with van der Waals surface area (Å²) in [5.74, 6) is 0.752. The molecule has 1 aromatic heterocycles. The molecule has 0 aromatic carbocycles. The van der Waals surface area contributed by atoms with Gasteiger partial charge in [-0.1, -0.05) is 0 Å². The minimum Gasteiger partial charge on any atom is -0.376 e. The van der Waals surface area contributed by atoms with E-state index in [1.165, 1.54) is 0 Å². The highest BCUT2D eigenvalue weighted by Crippen LogP contribution is 2.13. The smallest absolute Gasteiger partial charge is 0.231 e. The first-order chi connectivity index (χ1) is 7.66. The zero-order valence-electron chi connectivity index (χ0n) is 9.53. The van der Waals surface area contributed by atoms with Crippen LogP contribution in [0, 0.1) is 5.92 Å². The van der Waals surface area contributed by atoms with Crippen molar-refractivity contribution in [3.05, 3.63) is 18.3 Å². The van der Waals surface area contributed by atoms with Gasteiger partial charge >= 0.3 is 0 Å². The molecule has 0 radical (unpaired) electrons. The van der Waals surface area contributed by atoms with E-state index in [0.29, 0.717) is 5.82 Å². The van der Waals surface area contributed by atoms with Crippen LogP contribution in [0.2, 0.25) is 0 Å². The molecular weight excluding hydrogens is 204 g/mol. The molecule has 2 N–H and O–H groups in total. The molecule has 0 bridgehead atoms. The van der Waals surface area contributed by atoms with E-state index in [2.05, 4.69) is 15.6 Å². The fraction of sp³-hybridized carbons (Fsp3) is 0.455. The van der Waals surface area contributed by atoms with Crippen LogP contribution in [-0.2, 0) is 4.79 Å². The molecule has 1 aromatic rings. The molecule has 1 amide bonds. The lowest BCUT2D eigenvalue weighted by molar-refractivity contribution is -0.121. The van der Waals surface area contributed by atoms with Crippen LogP contribution in [0.25, 0.3) is 0 Å². The first kappa shape index (κ1) is 10.9. The summed E-state index contributed by atoms with van der Waals surface area (Å²) in [6, 6.07) is 3.75. The third-order valence-corrected chi connectivity index (χ3v) is 2.67. The lowest BCUT2D eigenvalue weighted by Gasteiger charge is -2.25. The number of hydrogen-bond donors (Lipinski definition) is 2. The van der Waals surface area contributed by atoms with Crippen molar-refractivity contribution >= 4 is 17.4 Å². The third-order valence-electron chi connectivity index (χ3n) is 2.67. The van der Waals surface area contributed by atoms with Gasteiger partial charge in [-0.3, -0.25) is 4.79 Å². The number of pyridine rings is 1. The van der Waals surface area contributed by atoms with Crippen molar-refractivity contribution in [1.29, 1.82) is 0 Å². The SMILES string of the molecule is CN(C)c1ccc(NC(=O)C2CNC2)nc1. The fourth-order valence-electron chi connectivity index (χ4n) is 1.43. The van der Waals surface area contributed by atoms with Crippen LogP contribution in [0.4, 0.5) is 11.5 Å². The summed E-state index contributed by atoms with van der Waals surface area (Å²) in [5, 5.41) is 5.87. The molecule has 1 saturated heterocycles. The molecule has 2 heterocycles. The molecule has 0 saturated carbocycles. The number of aromatic nitrogens is 1. The summed E-state index contributed by atoms with van der Waals surface area (Å²) in [6.45, 7) is 1.53. The summed E-state index contributed by atoms with van der Waals surface area (Å²) in [5.41, 5.74) is 1.02. The molecule has 86 valence electrons. The van der Waals surface area contributed by atoms with Crippen molar-refractivity contribution in [2.75, 3.05) is 37.4 Å². The van der Waals surface area contributed by atoms with E-state index < -0.39 is 0 Å². The van der Waals surface area contributed by atoms with Gasteiger partial charge in [-0.25, -0.2) is 4.98 Å². The van der Waals surface area contributed by atoms with Crippen molar-refractivity contribution in [3.8, 4) is 0 Å². The zero-order valence-corrected chi connectivity index (χ0v) is 9.53. The second-order valence-electron chi connectivity index (χ2n) is 4.14. The van der Waals surface area contributed by atoms with E-state index in [1.807, 2.05) is 31.1 Å². The molecule has 5 nitrogen and oxygen atoms in total. The summed E-state index contributed by atoms with van der Waals surface area (Å²) >= 11 is 0. The standard InChI is InChI=1S/C11H16N4O/c1-15(2)9-3-4-10(13-7-9)14-11(16)8-5-12-6-8/h3-4,7-8,12H,5-6H2,1-2H3,(H,13,14,16). The van der Waals surface area contributed by atoms with E-state index in [1.54, 1.807) is 6.20 Å². The van der Waals surface area contributed by atoms with E-state index in [-0.39, 0.29) is 11.8 Å². The van der Waals surface area contributed by atoms with Gasteiger partial charge in [0.15, 0.2) is 0 Å². The largest absolute Gasteiger partial charge is 0.376 e. The van der Waals surface area contributed by atoms with Gasteiger partial charge in [0.05, 0.1) is 17.8 Å². The number of rotatable bonds is 3. The normalized spacial score (nSPS) is 15.4. The van der Waals surface area contributed by atoms with Gasteiger partial charge in [0.1, 0.15) is 5.82 Å². The van der Waals surface area contributed by atoms with Crippen molar-refractivity contribution in [3.63, 3.8) is 0 Å². The van der Waals surface area contributed by atoms with Crippen molar-refractivity contribution in [1.82, 2.24) is 10.3 Å². The van der Waals surface area contributed by atoms with Crippen LogP contribution >= 0.6 is 0 Å². The molecule has 0 spiro atoms. The molecule has 5 heteroatoms. The number of carbonyl (C=O) groups is 1. The number of nitrogens with zero attached hydrogens (tertiary/aromatic N) is 2. The average molecular weight is 220 g/mol. The van der Waals surface area contributed by atoms with Gasteiger partial charge in [-0.2, -0.15) is 0 Å². The van der Waals surface area contributed by atoms with Gasteiger partial charge in [-0.15, -0.1) is 0 Å². The molecule has 0 atom stereocenters. The van der Waals surface area contributed by atoms with Gasteiger partial charge in [0.2, 0.25) is 5.91 Å². The van der Waals surface area contributed by atoms with Crippen LogP contribution in [0.5, 0.6) is 0 Å². The highest BCUT2D eigenvalue weighted by atomic mass is 16.2. The Hall–Kier alpha value is -1.62. The molecular formula is C11H16N4O. The van der Waals surface area contributed by atoms with Crippen LogP contribution in [0.3, 0.4) is 0 Å². The Balaban J connectivity index is 1.96. The van der Waals surface area contributed by atoms with E-state index in [0.717, 1.165) is 18.8 Å². The van der Waals surface area contributed by atoms with Crippen LogP contribution in [-0.4, -0.2) is 38.1 Å². The second kappa shape index (κ2) is 4.49. The van der Waals surface area contributed by atoms with E-state index in [9.17, 15) is 4.79 Å². The predicted molar refractivity (Wildman–Crippen MR) is 63.6 cm³/mol. The maximum Gasteiger partial charge on any atom is 0.231 e. The van der Waals surface area contributed by atoms with Crippen molar-refractivity contribution in [2.24, 2.45) is 5.92 Å². The lowest BCUT2D eigenvalue weighted by Crippen LogP contribution is -2.48. The topological polar surface area (TPSA) is 57.3 Å². The third kappa shape index (κ3) is 2.30. The number of nitrogens with one attached hydrogen (secondary N) is 2. The lowest BCUT2D eigenvalue weighted by atomic mass is 10.0. The summed E-state index contributed by atoms with van der Waals surface area (Å²) in [6.07, 6.45) is 1.74. The zero-order chi connectivity index (χ0) is 11.5. The second-order valence-corrected chi connectivity index (χ2v) is 4.14.